The largest absolute Gasteiger partial charge is 0.501 e. The molecule has 0 spiro atoms. The molecule has 2 aromatic carbocycles. The Labute approximate surface area is 170 Å². The van der Waals surface area contributed by atoms with Crippen LogP contribution < -0.4 is 15.0 Å². The molecule has 2 aromatic rings. The molecule has 3 rings (SSSR count). The first-order valence-electron chi connectivity index (χ1n) is 8.67. The van der Waals surface area contributed by atoms with Gasteiger partial charge in [0, 0.05) is 24.7 Å². The molecule has 0 fully saturated rings. The number of hydrogen-bond acceptors (Lipinski definition) is 5. The lowest BCUT2D eigenvalue weighted by molar-refractivity contribution is -0.116. The number of methoxy groups -OCH3 is 1. The molecule has 7 nitrogen and oxygen atoms in total. The second-order valence-corrected chi connectivity index (χ2v) is 8.47. The summed E-state index contributed by atoms with van der Waals surface area (Å²) in [4.78, 5) is 24.8. The number of nitrogens with one attached hydrogen (secondary N) is 1. The molecule has 30 heavy (non-hydrogen) atoms. The predicted octanol–water partition coefficient (Wildman–Crippen LogP) is 3.15. The van der Waals surface area contributed by atoms with Crippen LogP contribution in [-0.2, 0) is 21.1 Å². The van der Waals surface area contributed by atoms with Crippen LogP contribution in [0.5, 0.6) is 5.75 Å². The summed E-state index contributed by atoms with van der Waals surface area (Å²) in [5, 5.41) is 2.39. The van der Waals surface area contributed by atoms with Crippen LogP contribution in [0, 0.1) is 0 Å². The molecule has 1 heterocycles. The minimum atomic E-state index is -5.59. The molecule has 160 valence electrons. The van der Waals surface area contributed by atoms with Gasteiger partial charge in [0.2, 0.25) is 5.91 Å². The van der Waals surface area contributed by atoms with Gasteiger partial charge in [-0.05, 0) is 48.4 Å². The zero-order valence-corrected chi connectivity index (χ0v) is 16.7. The lowest BCUT2D eigenvalue weighted by atomic mass is 10.1. The lowest BCUT2D eigenvalue weighted by Gasteiger charge is -2.15. The maximum atomic E-state index is 12.8. The Bertz CT molecular complexity index is 1130. The van der Waals surface area contributed by atoms with Gasteiger partial charge in [0.25, 0.3) is 15.7 Å². The molecule has 2 amide bonds. The van der Waals surface area contributed by atoms with Gasteiger partial charge in [-0.1, -0.05) is 0 Å². The fourth-order valence-electron chi connectivity index (χ4n) is 3.15. The molecule has 1 aliphatic heterocycles. The number of fused-ring (bicyclic) bond motifs is 1. The monoisotopic (exact) mass is 442 g/mol. The third-order valence-electron chi connectivity index (χ3n) is 4.65. The average Bonchev–Trinajstić information content (AvgIpc) is 3.10. The highest BCUT2D eigenvalue weighted by atomic mass is 32.2. The first kappa shape index (κ1) is 21.6. The summed E-state index contributed by atoms with van der Waals surface area (Å²) in [6, 6.07) is 7.14. The van der Waals surface area contributed by atoms with Gasteiger partial charge in [-0.2, -0.15) is 13.2 Å². The summed E-state index contributed by atoms with van der Waals surface area (Å²) in [7, 11) is -4.36. The van der Waals surface area contributed by atoms with Gasteiger partial charge >= 0.3 is 5.51 Å². The van der Waals surface area contributed by atoms with E-state index in [0.717, 1.165) is 17.7 Å². The normalized spacial score (nSPS) is 13.7. The fourth-order valence-corrected chi connectivity index (χ4v) is 3.94. The minimum Gasteiger partial charge on any atom is -0.495 e. The standard InChI is InChI=1S/C19H17F3N2O5S/c1-11(25)24-8-7-12-9-13(3-5-16(12)24)18(26)23-15-10-14(4-6-17(15)29-2)30(27,28)19(20,21)22/h3-6,9-10H,7-8H2,1-2H3,(H,23,26). The second kappa shape index (κ2) is 7.63. The molecular formula is C19H17F3N2O5S. The summed E-state index contributed by atoms with van der Waals surface area (Å²) in [5.41, 5.74) is -4.04. The number of hydrogen-bond donors (Lipinski definition) is 1. The first-order chi connectivity index (χ1) is 14.0. The first-order valence-corrected chi connectivity index (χ1v) is 10.2. The van der Waals surface area contributed by atoms with Gasteiger partial charge in [-0.3, -0.25) is 9.59 Å². The zero-order valence-electron chi connectivity index (χ0n) is 15.9. The number of rotatable bonds is 4. The van der Waals surface area contributed by atoms with Crippen LogP contribution in [0.4, 0.5) is 24.5 Å². The van der Waals surface area contributed by atoms with Crippen molar-refractivity contribution in [1.29, 1.82) is 0 Å². The number of carbonyl (C=O) groups is 2. The Morgan fingerprint density at radius 3 is 2.43 bits per heavy atom. The molecule has 11 heteroatoms. The van der Waals surface area contributed by atoms with Crippen molar-refractivity contribution in [2.24, 2.45) is 0 Å². The van der Waals surface area contributed by atoms with Crippen molar-refractivity contribution in [2.75, 3.05) is 23.9 Å². The number of ether oxygens (including phenoxy) is 1. The Morgan fingerprint density at radius 2 is 1.83 bits per heavy atom. The van der Waals surface area contributed by atoms with E-state index in [1.54, 1.807) is 17.0 Å². The lowest BCUT2D eigenvalue weighted by Crippen LogP contribution is -2.25. The Hall–Kier alpha value is -3.08. The highest BCUT2D eigenvalue weighted by molar-refractivity contribution is 7.92. The zero-order chi connectivity index (χ0) is 22.3. The third kappa shape index (κ3) is 3.84. The summed E-state index contributed by atoms with van der Waals surface area (Å²) < 4.78 is 66.9. The second-order valence-electron chi connectivity index (χ2n) is 6.53. The van der Waals surface area contributed by atoms with Crippen molar-refractivity contribution in [3.8, 4) is 5.75 Å². The maximum Gasteiger partial charge on any atom is 0.501 e. The van der Waals surface area contributed by atoms with E-state index in [4.69, 9.17) is 4.74 Å². The summed E-state index contributed by atoms with van der Waals surface area (Å²) in [5.74, 6) is -0.800. The summed E-state index contributed by atoms with van der Waals surface area (Å²) >= 11 is 0. The van der Waals surface area contributed by atoms with Crippen molar-refractivity contribution < 1.29 is 35.9 Å². The number of carbonyl (C=O) groups excluding carboxylic acids is 2. The van der Waals surface area contributed by atoms with Gasteiger partial charge in [0.1, 0.15) is 5.75 Å². The predicted molar refractivity (Wildman–Crippen MR) is 102 cm³/mol. The Balaban J connectivity index is 1.92. The molecule has 0 aromatic heterocycles. The molecule has 0 bridgehead atoms. The molecular weight excluding hydrogens is 425 g/mol. The highest BCUT2D eigenvalue weighted by Crippen LogP contribution is 2.35. The van der Waals surface area contributed by atoms with E-state index < -0.39 is 26.1 Å². The van der Waals surface area contributed by atoms with Gasteiger partial charge in [-0.15, -0.1) is 0 Å². The number of anilines is 2. The Morgan fingerprint density at radius 1 is 1.13 bits per heavy atom. The molecule has 1 aliphatic rings. The quantitative estimate of drug-likeness (QED) is 0.785. The van der Waals surface area contributed by atoms with Gasteiger partial charge in [-0.25, -0.2) is 8.42 Å². The third-order valence-corrected chi connectivity index (χ3v) is 6.14. The van der Waals surface area contributed by atoms with Crippen LogP contribution in [0.25, 0.3) is 0 Å². The van der Waals surface area contributed by atoms with Gasteiger partial charge in [0.05, 0.1) is 17.7 Å². The van der Waals surface area contributed by atoms with E-state index in [0.29, 0.717) is 24.7 Å². The van der Waals surface area contributed by atoms with E-state index in [1.807, 2.05) is 0 Å². The number of sulfone groups is 1. The average molecular weight is 442 g/mol. The topological polar surface area (TPSA) is 92.8 Å². The molecule has 0 saturated heterocycles. The van der Waals surface area contributed by atoms with Gasteiger partial charge < -0.3 is 15.0 Å². The van der Waals surface area contributed by atoms with Crippen LogP contribution in [0.3, 0.4) is 0 Å². The van der Waals surface area contributed by atoms with Crippen LogP contribution >= 0.6 is 0 Å². The number of nitrogens with zero attached hydrogens (tertiary/aromatic N) is 1. The number of benzene rings is 2. The van der Waals surface area contributed by atoms with E-state index in [1.165, 1.54) is 20.1 Å². The number of amides is 2. The minimum absolute atomic E-state index is 0.00612. The summed E-state index contributed by atoms with van der Waals surface area (Å²) in [6.07, 6.45) is 0.554. The maximum absolute atomic E-state index is 12.8. The van der Waals surface area contributed by atoms with E-state index in [2.05, 4.69) is 5.32 Å². The molecule has 0 unspecified atom stereocenters. The molecule has 0 radical (unpaired) electrons. The van der Waals surface area contributed by atoms with Crippen molar-refractivity contribution in [1.82, 2.24) is 0 Å². The molecule has 0 aliphatic carbocycles. The van der Waals surface area contributed by atoms with E-state index in [-0.39, 0.29) is 22.9 Å². The Kier molecular flexibility index (Phi) is 5.50. The van der Waals surface area contributed by atoms with Crippen LogP contribution in [0.1, 0.15) is 22.8 Å². The van der Waals surface area contributed by atoms with Crippen LogP contribution in [0.2, 0.25) is 0 Å². The SMILES string of the molecule is COc1ccc(S(=O)(=O)C(F)(F)F)cc1NC(=O)c1ccc2c(c1)CCN2C(C)=O. The molecule has 0 saturated carbocycles. The number of alkyl halides is 3. The van der Waals surface area contributed by atoms with E-state index in [9.17, 15) is 31.2 Å². The van der Waals surface area contributed by atoms with Crippen LogP contribution in [-0.4, -0.2) is 39.4 Å². The van der Waals surface area contributed by atoms with Crippen molar-refractivity contribution >= 4 is 33.0 Å². The van der Waals surface area contributed by atoms with Crippen molar-refractivity contribution in [2.45, 2.75) is 23.7 Å². The van der Waals surface area contributed by atoms with E-state index >= 15 is 0 Å². The summed E-state index contributed by atoms with van der Waals surface area (Å²) in [6.45, 7) is 1.92. The van der Waals surface area contributed by atoms with Gasteiger partial charge in [0.15, 0.2) is 0 Å². The van der Waals surface area contributed by atoms with Crippen LogP contribution in [0.15, 0.2) is 41.3 Å². The number of halogens is 3. The smallest absolute Gasteiger partial charge is 0.495 e. The highest BCUT2D eigenvalue weighted by Gasteiger charge is 2.47. The van der Waals surface area contributed by atoms with Crippen molar-refractivity contribution in [3.63, 3.8) is 0 Å². The molecule has 1 N–H and O–H groups in total. The molecule has 0 atom stereocenters. The fraction of sp³-hybridized carbons (Fsp3) is 0.263. The van der Waals surface area contributed by atoms with Crippen molar-refractivity contribution in [3.05, 3.63) is 47.5 Å².